The average molecular weight is 273 g/mol. The van der Waals surface area contributed by atoms with Crippen molar-refractivity contribution in [1.82, 2.24) is 0 Å². The minimum absolute atomic E-state index is 0.0969. The molecule has 1 fully saturated rings. The van der Waals surface area contributed by atoms with Crippen LogP contribution in [0, 0.1) is 11.8 Å². The largest absolute Gasteiger partial charge is 0.444 e. The number of primary amides is 1. The first-order valence-electron chi connectivity index (χ1n) is 7.24. The van der Waals surface area contributed by atoms with Gasteiger partial charge in [-0.3, -0.25) is 0 Å². The first kappa shape index (κ1) is 16.2. The first-order chi connectivity index (χ1) is 8.91. The molecule has 0 spiro atoms. The summed E-state index contributed by atoms with van der Waals surface area (Å²) in [5, 5.41) is 20.1. The zero-order chi connectivity index (χ0) is 14.4. The highest BCUT2D eigenvalue weighted by Crippen LogP contribution is 2.29. The Bertz CT molecular complexity index is 277. The van der Waals surface area contributed by atoms with Crippen LogP contribution in [-0.4, -0.2) is 34.6 Å². The van der Waals surface area contributed by atoms with Gasteiger partial charge in [0.2, 0.25) is 0 Å². The van der Waals surface area contributed by atoms with Gasteiger partial charge in [0, 0.05) is 0 Å². The Morgan fingerprint density at radius 2 is 1.79 bits per heavy atom. The van der Waals surface area contributed by atoms with E-state index in [9.17, 15) is 15.0 Å². The lowest BCUT2D eigenvalue weighted by molar-refractivity contribution is -0.0851. The lowest BCUT2D eigenvalue weighted by Gasteiger charge is -2.32. The minimum Gasteiger partial charge on any atom is -0.444 e. The SMILES string of the molecule is CC(C)[C@H](O)[C@H](O)[C@H](CC1CCCCC1)OC(N)=O. The summed E-state index contributed by atoms with van der Waals surface area (Å²) in [7, 11) is 0. The fourth-order valence-electron chi connectivity index (χ4n) is 2.77. The minimum atomic E-state index is -1.07. The lowest BCUT2D eigenvalue weighted by Crippen LogP contribution is -2.44. The topological polar surface area (TPSA) is 92.8 Å². The van der Waals surface area contributed by atoms with Crippen LogP contribution in [0.25, 0.3) is 0 Å². The molecule has 4 N–H and O–H groups in total. The third kappa shape index (κ3) is 5.37. The molecular formula is C14H27NO4. The predicted molar refractivity (Wildman–Crippen MR) is 72.5 cm³/mol. The number of rotatable bonds is 6. The maximum Gasteiger partial charge on any atom is 0.404 e. The molecule has 0 aromatic rings. The third-order valence-electron chi connectivity index (χ3n) is 3.97. The smallest absolute Gasteiger partial charge is 0.404 e. The van der Waals surface area contributed by atoms with Crippen molar-refractivity contribution >= 4 is 6.09 Å². The van der Waals surface area contributed by atoms with Crippen LogP contribution in [0.3, 0.4) is 0 Å². The molecule has 1 saturated carbocycles. The van der Waals surface area contributed by atoms with Crippen molar-refractivity contribution in [2.24, 2.45) is 17.6 Å². The van der Waals surface area contributed by atoms with Gasteiger partial charge >= 0.3 is 6.09 Å². The molecule has 0 radical (unpaired) electrons. The number of aliphatic hydroxyl groups excluding tert-OH is 2. The van der Waals surface area contributed by atoms with Crippen LogP contribution in [-0.2, 0) is 4.74 Å². The molecule has 5 nitrogen and oxygen atoms in total. The summed E-state index contributed by atoms with van der Waals surface area (Å²) in [4.78, 5) is 11.0. The fraction of sp³-hybridized carbons (Fsp3) is 0.929. The van der Waals surface area contributed by atoms with E-state index in [2.05, 4.69) is 0 Å². The normalized spacial score (nSPS) is 21.9. The van der Waals surface area contributed by atoms with Crippen LogP contribution in [0.5, 0.6) is 0 Å². The summed E-state index contributed by atoms with van der Waals surface area (Å²) in [6.45, 7) is 3.63. The van der Waals surface area contributed by atoms with Crippen molar-refractivity contribution in [2.75, 3.05) is 0 Å². The van der Waals surface area contributed by atoms with E-state index in [1.54, 1.807) is 0 Å². The van der Waals surface area contributed by atoms with Gasteiger partial charge in [-0.25, -0.2) is 4.79 Å². The molecule has 1 rings (SSSR count). The van der Waals surface area contributed by atoms with Crippen molar-refractivity contribution in [3.8, 4) is 0 Å². The maximum absolute atomic E-state index is 11.0. The van der Waals surface area contributed by atoms with Gasteiger partial charge in [-0.2, -0.15) is 0 Å². The number of hydrogen-bond donors (Lipinski definition) is 3. The van der Waals surface area contributed by atoms with Gasteiger partial charge in [0.1, 0.15) is 12.2 Å². The van der Waals surface area contributed by atoms with Gasteiger partial charge in [0.15, 0.2) is 0 Å². The van der Waals surface area contributed by atoms with E-state index >= 15 is 0 Å². The summed E-state index contributed by atoms with van der Waals surface area (Å²) in [5.41, 5.74) is 5.06. The molecule has 0 saturated heterocycles. The molecule has 0 heterocycles. The van der Waals surface area contributed by atoms with Gasteiger partial charge in [-0.15, -0.1) is 0 Å². The van der Waals surface area contributed by atoms with Gasteiger partial charge in [-0.1, -0.05) is 46.0 Å². The molecule has 3 atom stereocenters. The van der Waals surface area contributed by atoms with Crippen LogP contribution in [0.4, 0.5) is 4.79 Å². The molecule has 0 bridgehead atoms. The van der Waals surface area contributed by atoms with Gasteiger partial charge < -0.3 is 20.7 Å². The predicted octanol–water partition coefficient (Wildman–Crippen LogP) is 1.80. The summed E-state index contributed by atoms with van der Waals surface area (Å²) in [6.07, 6.45) is 2.76. The second-order valence-corrected chi connectivity index (χ2v) is 5.94. The van der Waals surface area contributed by atoms with Crippen LogP contribution < -0.4 is 5.73 Å². The molecule has 0 aromatic heterocycles. The van der Waals surface area contributed by atoms with Crippen LogP contribution in [0.15, 0.2) is 0 Å². The number of ether oxygens (including phenoxy) is 1. The van der Waals surface area contributed by atoms with E-state index in [0.29, 0.717) is 12.3 Å². The highest BCUT2D eigenvalue weighted by Gasteiger charge is 2.33. The molecule has 0 aliphatic heterocycles. The average Bonchev–Trinajstić information content (AvgIpc) is 2.36. The van der Waals surface area contributed by atoms with E-state index in [0.717, 1.165) is 12.8 Å². The second-order valence-electron chi connectivity index (χ2n) is 5.94. The van der Waals surface area contributed by atoms with E-state index in [-0.39, 0.29) is 5.92 Å². The summed E-state index contributed by atoms with van der Waals surface area (Å²) in [5.74, 6) is 0.340. The van der Waals surface area contributed by atoms with Gasteiger partial charge in [0.05, 0.1) is 6.10 Å². The van der Waals surface area contributed by atoms with E-state index in [1.807, 2.05) is 13.8 Å². The monoisotopic (exact) mass is 273 g/mol. The molecule has 1 aliphatic rings. The molecule has 112 valence electrons. The van der Waals surface area contributed by atoms with Crippen molar-refractivity contribution in [3.63, 3.8) is 0 Å². The number of carbonyl (C=O) groups is 1. The zero-order valence-corrected chi connectivity index (χ0v) is 11.9. The Morgan fingerprint density at radius 1 is 1.21 bits per heavy atom. The number of nitrogens with two attached hydrogens (primary N) is 1. The van der Waals surface area contributed by atoms with Crippen molar-refractivity contribution in [1.29, 1.82) is 0 Å². The molecule has 1 aliphatic carbocycles. The Hall–Kier alpha value is -0.810. The Labute approximate surface area is 115 Å². The van der Waals surface area contributed by atoms with Gasteiger partial charge in [-0.05, 0) is 18.3 Å². The molecule has 19 heavy (non-hydrogen) atoms. The molecule has 1 amide bonds. The summed E-state index contributed by atoms with van der Waals surface area (Å²) >= 11 is 0. The van der Waals surface area contributed by atoms with Crippen molar-refractivity contribution in [2.45, 2.75) is 70.7 Å². The Kier molecular flexibility index (Phi) is 6.58. The van der Waals surface area contributed by atoms with Crippen molar-refractivity contribution in [3.05, 3.63) is 0 Å². The summed E-state index contributed by atoms with van der Waals surface area (Å²) < 4.78 is 5.02. The van der Waals surface area contributed by atoms with Crippen LogP contribution in [0.2, 0.25) is 0 Å². The standard InChI is InChI=1S/C14H27NO4/c1-9(2)12(16)13(17)11(19-14(15)18)8-10-6-4-3-5-7-10/h9-13,16-17H,3-8H2,1-2H3,(H2,15,18)/t11-,12-,13+/m0/s1. The third-order valence-corrected chi connectivity index (χ3v) is 3.97. The molecule has 5 heteroatoms. The Balaban J connectivity index is 2.61. The Morgan fingerprint density at radius 3 is 2.26 bits per heavy atom. The maximum atomic E-state index is 11.0. The summed E-state index contributed by atoms with van der Waals surface area (Å²) in [6, 6.07) is 0. The van der Waals surface area contributed by atoms with E-state index < -0.39 is 24.4 Å². The molecular weight excluding hydrogens is 246 g/mol. The van der Waals surface area contributed by atoms with Gasteiger partial charge in [0.25, 0.3) is 0 Å². The number of carbonyl (C=O) groups excluding carboxylic acids is 1. The molecule has 0 unspecified atom stereocenters. The number of hydrogen-bond acceptors (Lipinski definition) is 4. The highest BCUT2D eigenvalue weighted by molar-refractivity contribution is 5.64. The number of amides is 1. The molecule has 0 aromatic carbocycles. The number of aliphatic hydroxyl groups is 2. The van der Waals surface area contributed by atoms with E-state index in [1.165, 1.54) is 19.3 Å². The quantitative estimate of drug-likeness (QED) is 0.688. The van der Waals surface area contributed by atoms with Crippen molar-refractivity contribution < 1.29 is 19.7 Å². The van der Waals surface area contributed by atoms with Crippen LogP contribution in [0.1, 0.15) is 52.4 Å². The second kappa shape index (κ2) is 7.70. The first-order valence-corrected chi connectivity index (χ1v) is 7.24. The highest BCUT2D eigenvalue weighted by atomic mass is 16.6. The zero-order valence-electron chi connectivity index (χ0n) is 11.9. The van der Waals surface area contributed by atoms with Crippen LogP contribution >= 0.6 is 0 Å². The van der Waals surface area contributed by atoms with E-state index in [4.69, 9.17) is 10.5 Å². The fourth-order valence-corrected chi connectivity index (χ4v) is 2.77. The lowest BCUT2D eigenvalue weighted by atomic mass is 9.83.